The summed E-state index contributed by atoms with van der Waals surface area (Å²) in [6.45, 7) is 8.38. The summed E-state index contributed by atoms with van der Waals surface area (Å²) in [6.07, 6.45) is 1.64. The predicted octanol–water partition coefficient (Wildman–Crippen LogP) is 3.34. The molecule has 4 rings (SSSR count). The number of nitrogens with zero attached hydrogens (tertiary/aromatic N) is 5. The number of hydrogen-bond acceptors (Lipinski definition) is 6. The summed E-state index contributed by atoms with van der Waals surface area (Å²) >= 11 is 6.16. The molecule has 33 heavy (non-hydrogen) atoms. The number of aryl methyl sites for hydroxylation is 1. The average Bonchev–Trinajstić information content (AvgIpc) is 3.40. The van der Waals surface area contributed by atoms with Crippen LogP contribution in [0.4, 0.5) is 5.82 Å². The number of carbonyl (C=O) groups excluding carboxylic acids is 2. The van der Waals surface area contributed by atoms with Gasteiger partial charge in [0.25, 0.3) is 5.91 Å². The van der Waals surface area contributed by atoms with Gasteiger partial charge in [0.1, 0.15) is 5.76 Å². The highest BCUT2D eigenvalue weighted by Crippen LogP contribution is 2.26. The minimum absolute atomic E-state index is 0.0471. The summed E-state index contributed by atoms with van der Waals surface area (Å²) in [5, 5.41) is 11.6. The maximum atomic E-state index is 13.3. The molecule has 0 spiro atoms. The number of aromatic nitrogens is 3. The number of benzene rings is 1. The topological polar surface area (TPSA) is 96.5 Å². The van der Waals surface area contributed by atoms with Crippen LogP contribution in [0.25, 0.3) is 5.69 Å². The maximum absolute atomic E-state index is 13.3. The van der Waals surface area contributed by atoms with Gasteiger partial charge in [-0.1, -0.05) is 36.7 Å². The molecular formula is C23H27ClN6O3. The highest BCUT2D eigenvalue weighted by molar-refractivity contribution is 6.30. The van der Waals surface area contributed by atoms with E-state index in [-0.39, 0.29) is 24.3 Å². The van der Waals surface area contributed by atoms with Crippen molar-refractivity contribution in [3.8, 4) is 5.69 Å². The molecule has 2 aromatic heterocycles. The third-order valence-corrected chi connectivity index (χ3v) is 5.79. The molecule has 3 aromatic rings. The van der Waals surface area contributed by atoms with Crippen molar-refractivity contribution in [2.24, 2.45) is 0 Å². The molecule has 0 radical (unpaired) electrons. The van der Waals surface area contributed by atoms with Crippen molar-refractivity contribution in [3.05, 3.63) is 58.6 Å². The largest absolute Gasteiger partial charge is 0.360 e. The zero-order valence-corrected chi connectivity index (χ0v) is 19.7. The van der Waals surface area contributed by atoms with Crippen LogP contribution in [0, 0.1) is 6.92 Å². The lowest BCUT2D eigenvalue weighted by atomic mass is 10.0. The maximum Gasteiger partial charge on any atom is 0.257 e. The molecule has 9 nitrogen and oxygen atoms in total. The van der Waals surface area contributed by atoms with Gasteiger partial charge in [0.2, 0.25) is 5.91 Å². The second kappa shape index (κ2) is 9.76. The highest BCUT2D eigenvalue weighted by Gasteiger charge is 2.28. The van der Waals surface area contributed by atoms with Gasteiger partial charge in [-0.15, -0.1) is 0 Å². The van der Waals surface area contributed by atoms with E-state index < -0.39 is 0 Å². The van der Waals surface area contributed by atoms with Gasteiger partial charge in [-0.05, 0) is 31.0 Å². The average molecular weight is 471 g/mol. The Bertz CT molecular complexity index is 1150. The first-order valence-corrected chi connectivity index (χ1v) is 11.3. The normalized spacial score (nSPS) is 14.6. The van der Waals surface area contributed by atoms with Crippen molar-refractivity contribution in [3.63, 3.8) is 0 Å². The summed E-state index contributed by atoms with van der Waals surface area (Å²) in [7, 11) is 0. The number of halogens is 1. The number of nitrogens with one attached hydrogen (secondary N) is 1. The fourth-order valence-electron chi connectivity index (χ4n) is 3.98. The molecule has 1 fully saturated rings. The molecule has 1 N–H and O–H groups in total. The quantitative estimate of drug-likeness (QED) is 0.593. The van der Waals surface area contributed by atoms with Crippen molar-refractivity contribution >= 4 is 29.2 Å². The minimum Gasteiger partial charge on any atom is -0.360 e. The van der Waals surface area contributed by atoms with Crippen LogP contribution in [0.5, 0.6) is 0 Å². The van der Waals surface area contributed by atoms with Crippen molar-refractivity contribution in [1.29, 1.82) is 0 Å². The van der Waals surface area contributed by atoms with Crippen molar-refractivity contribution in [1.82, 2.24) is 24.7 Å². The zero-order chi connectivity index (χ0) is 23.5. The second-order valence-electron chi connectivity index (χ2n) is 8.43. The Morgan fingerprint density at radius 3 is 2.58 bits per heavy atom. The Balaban J connectivity index is 1.40. The Morgan fingerprint density at radius 1 is 1.18 bits per heavy atom. The molecule has 1 saturated heterocycles. The van der Waals surface area contributed by atoms with Gasteiger partial charge in [-0.3, -0.25) is 14.5 Å². The molecule has 1 aromatic carbocycles. The van der Waals surface area contributed by atoms with Gasteiger partial charge in [0.15, 0.2) is 5.82 Å². The first-order valence-electron chi connectivity index (χ1n) is 10.9. The molecule has 1 aliphatic rings. The Morgan fingerprint density at radius 2 is 1.94 bits per heavy atom. The number of piperazine rings is 1. The molecule has 0 bridgehead atoms. The van der Waals surface area contributed by atoms with Gasteiger partial charge in [-0.2, -0.15) is 5.10 Å². The van der Waals surface area contributed by atoms with Crippen LogP contribution in [-0.2, 0) is 4.79 Å². The van der Waals surface area contributed by atoms with Crippen LogP contribution < -0.4 is 5.32 Å². The summed E-state index contributed by atoms with van der Waals surface area (Å²) < 4.78 is 6.75. The number of anilines is 1. The lowest BCUT2D eigenvalue weighted by Gasteiger charge is -2.34. The summed E-state index contributed by atoms with van der Waals surface area (Å²) in [6, 6.07) is 9.10. The molecular weight excluding hydrogens is 444 g/mol. The first kappa shape index (κ1) is 23.0. The lowest BCUT2D eigenvalue weighted by molar-refractivity contribution is -0.117. The van der Waals surface area contributed by atoms with E-state index in [1.165, 1.54) is 0 Å². The fourth-order valence-corrected chi connectivity index (χ4v) is 4.17. The molecule has 0 atom stereocenters. The van der Waals surface area contributed by atoms with Crippen LogP contribution in [0.3, 0.4) is 0 Å². The van der Waals surface area contributed by atoms with Crippen molar-refractivity contribution in [2.45, 2.75) is 26.7 Å². The lowest BCUT2D eigenvalue weighted by Crippen LogP contribution is -2.50. The van der Waals surface area contributed by atoms with Crippen molar-refractivity contribution < 1.29 is 14.1 Å². The zero-order valence-electron chi connectivity index (χ0n) is 18.9. The fraction of sp³-hybridized carbons (Fsp3) is 0.391. The van der Waals surface area contributed by atoms with E-state index in [0.29, 0.717) is 48.3 Å². The van der Waals surface area contributed by atoms with E-state index in [1.54, 1.807) is 23.9 Å². The number of carbonyl (C=O) groups is 2. The summed E-state index contributed by atoms with van der Waals surface area (Å²) in [5.41, 5.74) is 2.27. The van der Waals surface area contributed by atoms with Crippen LogP contribution in [-0.4, -0.2) is 69.3 Å². The molecule has 0 unspecified atom stereocenters. The number of rotatable bonds is 6. The monoisotopic (exact) mass is 470 g/mol. The molecule has 0 aliphatic carbocycles. The summed E-state index contributed by atoms with van der Waals surface area (Å²) in [5.74, 6) is 0.929. The Labute approximate surface area is 197 Å². The van der Waals surface area contributed by atoms with E-state index in [0.717, 1.165) is 11.4 Å². The van der Waals surface area contributed by atoms with E-state index in [9.17, 15) is 9.59 Å². The van der Waals surface area contributed by atoms with E-state index in [2.05, 4.69) is 15.6 Å². The van der Waals surface area contributed by atoms with Gasteiger partial charge in [0.05, 0.1) is 29.7 Å². The third-order valence-electron chi connectivity index (χ3n) is 5.56. The van der Waals surface area contributed by atoms with Gasteiger partial charge >= 0.3 is 0 Å². The van der Waals surface area contributed by atoms with Gasteiger partial charge in [-0.25, -0.2) is 4.68 Å². The standard InChI is InChI=1S/C23H27ClN6O3/c1-15(2)22-19(13-25-30(22)18-6-4-5-17(24)12-18)23(32)29-9-7-28(8-10-29)14-21(31)26-20-11-16(3)33-27-20/h4-6,11-13,15H,7-10,14H2,1-3H3,(H,26,27,31). The van der Waals surface area contributed by atoms with E-state index >= 15 is 0 Å². The smallest absolute Gasteiger partial charge is 0.257 e. The number of amides is 2. The summed E-state index contributed by atoms with van der Waals surface area (Å²) in [4.78, 5) is 29.5. The molecule has 3 heterocycles. The van der Waals surface area contributed by atoms with Crippen LogP contribution in [0.1, 0.15) is 41.6 Å². The van der Waals surface area contributed by atoms with Crippen LogP contribution in [0.15, 0.2) is 41.1 Å². The predicted molar refractivity (Wildman–Crippen MR) is 125 cm³/mol. The van der Waals surface area contributed by atoms with Gasteiger partial charge < -0.3 is 14.7 Å². The van der Waals surface area contributed by atoms with E-state index in [1.807, 2.05) is 47.9 Å². The first-order chi connectivity index (χ1) is 15.8. The molecule has 10 heteroatoms. The molecule has 0 saturated carbocycles. The van der Waals surface area contributed by atoms with E-state index in [4.69, 9.17) is 16.1 Å². The van der Waals surface area contributed by atoms with Gasteiger partial charge in [0, 0.05) is 37.3 Å². The number of hydrogen-bond donors (Lipinski definition) is 1. The third kappa shape index (κ3) is 5.26. The Hall–Kier alpha value is -3.17. The SMILES string of the molecule is Cc1cc(NC(=O)CN2CCN(C(=O)c3cnn(-c4cccc(Cl)c4)c3C(C)C)CC2)no1. The second-order valence-corrected chi connectivity index (χ2v) is 8.87. The highest BCUT2D eigenvalue weighted by atomic mass is 35.5. The van der Waals surface area contributed by atoms with Crippen molar-refractivity contribution in [2.75, 3.05) is 38.0 Å². The minimum atomic E-state index is -0.159. The molecule has 174 valence electrons. The van der Waals surface area contributed by atoms with Crippen LogP contribution in [0.2, 0.25) is 5.02 Å². The molecule has 1 aliphatic heterocycles. The van der Waals surface area contributed by atoms with Crippen LogP contribution >= 0.6 is 11.6 Å². The molecule has 2 amide bonds. The Kier molecular flexibility index (Phi) is 6.80.